The minimum absolute atomic E-state index is 0.464. The Labute approximate surface area is 155 Å². The van der Waals surface area contributed by atoms with Gasteiger partial charge in [0, 0.05) is 0 Å². The van der Waals surface area contributed by atoms with Gasteiger partial charge in [0.25, 0.3) is 0 Å². The van der Waals surface area contributed by atoms with Crippen molar-refractivity contribution in [1.29, 1.82) is 0 Å². The van der Waals surface area contributed by atoms with E-state index in [0.29, 0.717) is 21.3 Å². The zero-order valence-electron chi connectivity index (χ0n) is 12.5. The van der Waals surface area contributed by atoms with Crippen molar-refractivity contribution in [3.63, 3.8) is 0 Å². The molecule has 5 rings (SSSR count). The highest BCUT2D eigenvalue weighted by Crippen LogP contribution is 2.28. The van der Waals surface area contributed by atoms with Gasteiger partial charge >= 0.3 is 0 Å². The number of benzene rings is 1. The van der Waals surface area contributed by atoms with Crippen molar-refractivity contribution in [2.75, 3.05) is 0 Å². The quantitative estimate of drug-likeness (QED) is 0.448. The van der Waals surface area contributed by atoms with E-state index >= 15 is 0 Å². The smallest absolute Gasteiger partial charge is 0.179 e. The molecule has 4 aromatic heterocycles. The van der Waals surface area contributed by atoms with E-state index in [9.17, 15) is 0 Å². The van der Waals surface area contributed by atoms with E-state index in [-0.39, 0.29) is 0 Å². The van der Waals surface area contributed by atoms with E-state index in [1.165, 1.54) is 0 Å². The van der Waals surface area contributed by atoms with Crippen LogP contribution in [0.2, 0.25) is 10.0 Å². The summed E-state index contributed by atoms with van der Waals surface area (Å²) in [6.07, 6.45) is 3.44. The van der Waals surface area contributed by atoms with E-state index in [2.05, 4.69) is 20.3 Å². The Morgan fingerprint density at radius 3 is 2.72 bits per heavy atom. The van der Waals surface area contributed by atoms with Crippen molar-refractivity contribution in [3.05, 3.63) is 58.3 Å². The number of thiophene rings is 1. The Morgan fingerprint density at radius 1 is 1.00 bits per heavy atom. The van der Waals surface area contributed by atoms with E-state index < -0.39 is 0 Å². The molecule has 0 unspecified atom stereocenters. The Bertz CT molecular complexity index is 1220. The second-order valence-electron chi connectivity index (χ2n) is 5.33. The first-order valence-electron chi connectivity index (χ1n) is 7.29. The predicted octanol–water partition coefficient (Wildman–Crippen LogP) is 4.50. The molecule has 1 aromatic carbocycles. The summed E-state index contributed by atoms with van der Waals surface area (Å²) in [6.45, 7) is 0. The van der Waals surface area contributed by atoms with Gasteiger partial charge in [-0.2, -0.15) is 5.10 Å². The second kappa shape index (κ2) is 5.52. The fourth-order valence-corrected chi connectivity index (χ4v) is 3.70. The number of aromatic nitrogens is 6. The molecular formula is C16H8Cl2N6S. The molecule has 0 radical (unpaired) electrons. The van der Waals surface area contributed by atoms with Crippen LogP contribution in [0.25, 0.3) is 33.1 Å². The molecule has 5 aromatic rings. The summed E-state index contributed by atoms with van der Waals surface area (Å²) < 4.78 is 3.58. The van der Waals surface area contributed by atoms with E-state index in [1.807, 2.05) is 28.0 Å². The average molecular weight is 387 g/mol. The van der Waals surface area contributed by atoms with E-state index in [4.69, 9.17) is 23.2 Å². The molecule has 9 heteroatoms. The molecular weight excluding hydrogens is 379 g/mol. The molecule has 25 heavy (non-hydrogen) atoms. The lowest BCUT2D eigenvalue weighted by molar-refractivity contribution is 0.893. The predicted molar refractivity (Wildman–Crippen MR) is 98.7 cm³/mol. The fourth-order valence-electron chi connectivity index (χ4n) is 2.70. The Kier molecular flexibility index (Phi) is 3.27. The fraction of sp³-hybridized carbons (Fsp3) is 0. The zero-order valence-corrected chi connectivity index (χ0v) is 14.8. The summed E-state index contributed by atoms with van der Waals surface area (Å²) in [7, 11) is 0. The van der Waals surface area contributed by atoms with Crippen molar-refractivity contribution in [1.82, 2.24) is 29.4 Å². The van der Waals surface area contributed by atoms with Crippen LogP contribution < -0.4 is 0 Å². The zero-order chi connectivity index (χ0) is 17.0. The maximum Gasteiger partial charge on any atom is 0.179 e. The van der Waals surface area contributed by atoms with Gasteiger partial charge in [0.1, 0.15) is 6.33 Å². The Morgan fingerprint density at radius 2 is 1.92 bits per heavy atom. The average Bonchev–Trinajstić information content (AvgIpc) is 3.34. The highest BCUT2D eigenvalue weighted by atomic mass is 35.5. The van der Waals surface area contributed by atoms with Crippen LogP contribution in [0.3, 0.4) is 0 Å². The third-order valence-electron chi connectivity index (χ3n) is 3.87. The number of hydrogen-bond donors (Lipinski definition) is 0. The molecule has 0 aliphatic carbocycles. The second-order valence-corrected chi connectivity index (χ2v) is 7.09. The Balaban J connectivity index is 1.74. The minimum Gasteiger partial charge on any atom is -0.264 e. The van der Waals surface area contributed by atoms with Crippen molar-refractivity contribution >= 4 is 51.2 Å². The van der Waals surface area contributed by atoms with Crippen molar-refractivity contribution in [3.8, 4) is 16.4 Å². The summed E-state index contributed by atoms with van der Waals surface area (Å²) in [5.41, 5.74) is 2.16. The first-order chi connectivity index (χ1) is 12.2. The third-order valence-corrected chi connectivity index (χ3v) is 5.47. The highest BCUT2D eigenvalue weighted by Gasteiger charge is 2.16. The van der Waals surface area contributed by atoms with Crippen LogP contribution in [0, 0.1) is 0 Å². The molecule has 122 valence electrons. The van der Waals surface area contributed by atoms with Gasteiger partial charge in [-0.05, 0) is 29.6 Å². The SMILES string of the molecule is Clc1ccc(-n2ncc3c2ncn2c(-c4cccs4)nnc32)cc1Cl. The molecule has 0 aliphatic rings. The van der Waals surface area contributed by atoms with Gasteiger partial charge in [-0.3, -0.25) is 4.40 Å². The third kappa shape index (κ3) is 2.24. The summed E-state index contributed by atoms with van der Waals surface area (Å²) in [5.74, 6) is 0.765. The topological polar surface area (TPSA) is 60.9 Å². The lowest BCUT2D eigenvalue weighted by atomic mass is 10.3. The minimum atomic E-state index is 0.464. The molecule has 4 heterocycles. The molecule has 0 aliphatic heterocycles. The number of hydrogen-bond acceptors (Lipinski definition) is 5. The van der Waals surface area contributed by atoms with Crippen molar-refractivity contribution in [2.24, 2.45) is 0 Å². The molecule has 0 fully saturated rings. The summed E-state index contributed by atoms with van der Waals surface area (Å²) in [5, 5.41) is 16.8. The van der Waals surface area contributed by atoms with Crippen LogP contribution in [0.4, 0.5) is 0 Å². The number of nitrogens with zero attached hydrogens (tertiary/aromatic N) is 6. The van der Waals surface area contributed by atoms with Crippen LogP contribution >= 0.6 is 34.5 Å². The van der Waals surface area contributed by atoms with Crippen LogP contribution in [0.5, 0.6) is 0 Å². The van der Waals surface area contributed by atoms with Gasteiger partial charge < -0.3 is 0 Å². The van der Waals surface area contributed by atoms with E-state index in [0.717, 1.165) is 21.8 Å². The largest absolute Gasteiger partial charge is 0.264 e. The molecule has 0 atom stereocenters. The lowest BCUT2D eigenvalue weighted by Gasteiger charge is -2.04. The first-order valence-corrected chi connectivity index (χ1v) is 8.93. The normalized spacial score (nSPS) is 11.6. The van der Waals surface area contributed by atoms with Crippen molar-refractivity contribution < 1.29 is 0 Å². The summed E-state index contributed by atoms with van der Waals surface area (Å²) >= 11 is 13.7. The number of rotatable bonds is 2. The number of halogens is 2. The van der Waals surface area contributed by atoms with Crippen LogP contribution in [0.15, 0.2) is 48.2 Å². The molecule has 0 saturated heterocycles. The molecule has 0 saturated carbocycles. The van der Waals surface area contributed by atoms with E-state index in [1.54, 1.807) is 40.7 Å². The lowest BCUT2D eigenvalue weighted by Crippen LogP contribution is -1.99. The molecule has 0 bridgehead atoms. The van der Waals surface area contributed by atoms with Gasteiger partial charge in [0.2, 0.25) is 0 Å². The highest BCUT2D eigenvalue weighted by molar-refractivity contribution is 7.13. The Hall–Kier alpha value is -2.48. The summed E-state index contributed by atoms with van der Waals surface area (Å²) in [4.78, 5) is 5.59. The van der Waals surface area contributed by atoms with Crippen LogP contribution in [-0.2, 0) is 0 Å². The van der Waals surface area contributed by atoms with Gasteiger partial charge in [0.05, 0.1) is 32.2 Å². The molecule has 0 amide bonds. The van der Waals surface area contributed by atoms with Crippen molar-refractivity contribution in [2.45, 2.75) is 0 Å². The van der Waals surface area contributed by atoms with Gasteiger partial charge in [-0.15, -0.1) is 21.5 Å². The molecule has 6 nitrogen and oxygen atoms in total. The standard InChI is InChI=1S/C16H8Cl2N6S/c17-11-4-3-9(6-12(11)18)24-14-10(7-20-24)15-21-22-16(23(15)8-19-14)13-2-1-5-25-13/h1-8H. The number of fused-ring (bicyclic) bond motifs is 3. The van der Waals surface area contributed by atoms with Gasteiger partial charge in [0.15, 0.2) is 17.1 Å². The van der Waals surface area contributed by atoms with Gasteiger partial charge in [-0.25, -0.2) is 9.67 Å². The maximum atomic E-state index is 6.12. The monoisotopic (exact) mass is 386 g/mol. The molecule has 0 spiro atoms. The summed E-state index contributed by atoms with van der Waals surface area (Å²) in [6, 6.07) is 9.31. The van der Waals surface area contributed by atoms with Crippen LogP contribution in [0.1, 0.15) is 0 Å². The molecule has 0 N–H and O–H groups in total. The van der Waals surface area contributed by atoms with Crippen LogP contribution in [-0.4, -0.2) is 29.4 Å². The maximum absolute atomic E-state index is 6.12. The van der Waals surface area contributed by atoms with Gasteiger partial charge in [-0.1, -0.05) is 29.3 Å². The first kappa shape index (κ1) is 14.8.